The predicted octanol–water partition coefficient (Wildman–Crippen LogP) is 0.676. The molecule has 0 aliphatic heterocycles. The number of hydrogen-bond acceptors (Lipinski definition) is 6. The standard InChI is InChI=1S/C9H10N6O2/c1-5-7(15(16)17)6(13-9(10)12-5)8-11-3-4-14(8)2/h3-4H,1-2H3,(H2,10,12,13). The molecule has 88 valence electrons. The van der Waals surface area contributed by atoms with Gasteiger partial charge >= 0.3 is 5.69 Å². The topological polar surface area (TPSA) is 113 Å². The highest BCUT2D eigenvalue weighted by molar-refractivity contribution is 5.66. The van der Waals surface area contributed by atoms with Gasteiger partial charge in [0.2, 0.25) is 5.95 Å². The van der Waals surface area contributed by atoms with Gasteiger partial charge in [0.15, 0.2) is 11.5 Å². The van der Waals surface area contributed by atoms with Gasteiger partial charge in [0.05, 0.1) is 4.92 Å². The number of aromatic nitrogens is 4. The molecule has 0 aliphatic carbocycles. The van der Waals surface area contributed by atoms with Crippen LogP contribution in [0.5, 0.6) is 0 Å². The van der Waals surface area contributed by atoms with Gasteiger partial charge < -0.3 is 10.3 Å². The molecule has 8 nitrogen and oxygen atoms in total. The number of nitrogens with two attached hydrogens (primary N) is 1. The molecule has 0 fully saturated rings. The first-order chi connectivity index (χ1) is 8.00. The van der Waals surface area contributed by atoms with E-state index in [4.69, 9.17) is 5.73 Å². The Morgan fingerprint density at radius 3 is 2.71 bits per heavy atom. The third kappa shape index (κ3) is 1.80. The van der Waals surface area contributed by atoms with Crippen LogP contribution in [0.1, 0.15) is 5.69 Å². The Labute approximate surface area is 96.3 Å². The number of nitrogens with zero attached hydrogens (tertiary/aromatic N) is 5. The van der Waals surface area contributed by atoms with Gasteiger partial charge in [-0.05, 0) is 6.92 Å². The van der Waals surface area contributed by atoms with Crippen molar-refractivity contribution in [3.8, 4) is 11.5 Å². The Morgan fingerprint density at radius 1 is 1.47 bits per heavy atom. The number of hydrogen-bond donors (Lipinski definition) is 1. The molecule has 0 spiro atoms. The second kappa shape index (κ2) is 3.81. The SMILES string of the molecule is Cc1nc(N)nc(-c2nccn2C)c1[N+](=O)[O-]. The monoisotopic (exact) mass is 234 g/mol. The number of nitro groups is 1. The fraction of sp³-hybridized carbons (Fsp3) is 0.222. The molecule has 0 atom stereocenters. The minimum atomic E-state index is -0.529. The van der Waals surface area contributed by atoms with E-state index >= 15 is 0 Å². The summed E-state index contributed by atoms with van der Waals surface area (Å²) in [5, 5.41) is 11.0. The summed E-state index contributed by atoms with van der Waals surface area (Å²) in [5.41, 5.74) is 5.68. The Morgan fingerprint density at radius 2 is 2.18 bits per heavy atom. The van der Waals surface area contributed by atoms with E-state index in [1.165, 1.54) is 13.1 Å². The summed E-state index contributed by atoms with van der Waals surface area (Å²) in [6.07, 6.45) is 3.21. The summed E-state index contributed by atoms with van der Waals surface area (Å²) in [4.78, 5) is 22.2. The molecule has 0 aromatic carbocycles. The Hall–Kier alpha value is -2.51. The van der Waals surface area contributed by atoms with E-state index in [2.05, 4.69) is 15.0 Å². The highest BCUT2D eigenvalue weighted by atomic mass is 16.6. The van der Waals surface area contributed by atoms with E-state index in [9.17, 15) is 10.1 Å². The van der Waals surface area contributed by atoms with E-state index in [1.807, 2.05) is 0 Å². The van der Waals surface area contributed by atoms with Gasteiger partial charge in [0.1, 0.15) is 5.69 Å². The second-order valence-corrected chi connectivity index (χ2v) is 3.48. The summed E-state index contributed by atoms with van der Waals surface area (Å²) in [6.45, 7) is 1.52. The van der Waals surface area contributed by atoms with Crippen molar-refractivity contribution in [2.45, 2.75) is 6.92 Å². The van der Waals surface area contributed by atoms with Crippen molar-refractivity contribution in [1.82, 2.24) is 19.5 Å². The minimum absolute atomic E-state index is 0.00824. The van der Waals surface area contributed by atoms with E-state index in [0.717, 1.165) is 0 Å². The Balaban J connectivity index is 2.76. The molecule has 8 heteroatoms. The molecule has 0 bridgehead atoms. The summed E-state index contributed by atoms with van der Waals surface area (Å²) in [7, 11) is 1.72. The number of rotatable bonds is 2. The summed E-state index contributed by atoms with van der Waals surface area (Å²) in [6, 6.07) is 0. The Kier molecular flexibility index (Phi) is 2.47. The highest BCUT2D eigenvalue weighted by Gasteiger charge is 2.24. The average Bonchev–Trinajstić information content (AvgIpc) is 2.62. The van der Waals surface area contributed by atoms with Gasteiger partial charge in [-0.2, -0.15) is 0 Å². The molecule has 17 heavy (non-hydrogen) atoms. The maximum atomic E-state index is 11.0. The van der Waals surface area contributed by atoms with E-state index in [-0.39, 0.29) is 23.0 Å². The van der Waals surface area contributed by atoms with Crippen LogP contribution in [-0.4, -0.2) is 24.4 Å². The third-order valence-electron chi connectivity index (χ3n) is 2.29. The molecule has 0 saturated heterocycles. The van der Waals surface area contributed by atoms with Gasteiger partial charge in [-0.15, -0.1) is 0 Å². The van der Waals surface area contributed by atoms with Crippen molar-refractivity contribution in [1.29, 1.82) is 0 Å². The number of anilines is 1. The molecule has 0 unspecified atom stereocenters. The maximum Gasteiger partial charge on any atom is 0.319 e. The van der Waals surface area contributed by atoms with Crippen LogP contribution in [-0.2, 0) is 7.05 Å². The summed E-state index contributed by atoms with van der Waals surface area (Å²) < 4.78 is 1.63. The van der Waals surface area contributed by atoms with Crippen LogP contribution < -0.4 is 5.73 Å². The van der Waals surface area contributed by atoms with Crippen LogP contribution in [0.2, 0.25) is 0 Å². The zero-order valence-electron chi connectivity index (χ0n) is 9.28. The van der Waals surface area contributed by atoms with Crippen molar-refractivity contribution in [3.63, 3.8) is 0 Å². The largest absolute Gasteiger partial charge is 0.368 e. The van der Waals surface area contributed by atoms with Crippen LogP contribution >= 0.6 is 0 Å². The van der Waals surface area contributed by atoms with Gasteiger partial charge in [-0.3, -0.25) is 10.1 Å². The van der Waals surface area contributed by atoms with E-state index < -0.39 is 4.92 Å². The zero-order valence-corrected chi connectivity index (χ0v) is 9.28. The molecule has 2 aromatic heterocycles. The molecular weight excluding hydrogens is 224 g/mol. The van der Waals surface area contributed by atoms with Gasteiger partial charge in [0.25, 0.3) is 0 Å². The predicted molar refractivity (Wildman–Crippen MR) is 60.0 cm³/mol. The van der Waals surface area contributed by atoms with E-state index in [0.29, 0.717) is 5.82 Å². The fourth-order valence-electron chi connectivity index (χ4n) is 1.56. The van der Waals surface area contributed by atoms with Crippen molar-refractivity contribution >= 4 is 11.6 Å². The summed E-state index contributed by atoms with van der Waals surface area (Å²) >= 11 is 0. The van der Waals surface area contributed by atoms with Gasteiger partial charge in [0, 0.05) is 19.4 Å². The van der Waals surface area contributed by atoms with Crippen LogP contribution in [0, 0.1) is 17.0 Å². The van der Waals surface area contributed by atoms with Crippen molar-refractivity contribution in [3.05, 3.63) is 28.2 Å². The molecule has 2 aromatic rings. The third-order valence-corrected chi connectivity index (χ3v) is 2.29. The first-order valence-electron chi connectivity index (χ1n) is 4.77. The van der Waals surface area contributed by atoms with Crippen molar-refractivity contribution < 1.29 is 4.92 Å². The maximum absolute atomic E-state index is 11.0. The molecule has 2 heterocycles. The van der Waals surface area contributed by atoms with Crippen LogP contribution in [0.4, 0.5) is 11.6 Å². The first kappa shape index (κ1) is 11.0. The molecule has 0 aliphatic rings. The zero-order chi connectivity index (χ0) is 12.6. The van der Waals surface area contributed by atoms with Crippen molar-refractivity contribution in [2.75, 3.05) is 5.73 Å². The molecule has 0 saturated carbocycles. The van der Waals surface area contributed by atoms with Crippen LogP contribution in [0.3, 0.4) is 0 Å². The molecule has 0 radical (unpaired) electrons. The quantitative estimate of drug-likeness (QED) is 0.603. The van der Waals surface area contributed by atoms with Gasteiger partial charge in [-0.25, -0.2) is 15.0 Å². The number of aryl methyl sites for hydroxylation is 2. The fourth-order valence-corrected chi connectivity index (χ4v) is 1.56. The first-order valence-corrected chi connectivity index (χ1v) is 4.77. The lowest BCUT2D eigenvalue weighted by Crippen LogP contribution is -2.06. The molecule has 2 N–H and O–H groups in total. The molecule has 2 rings (SSSR count). The number of nitrogen functional groups attached to an aromatic ring is 1. The lowest BCUT2D eigenvalue weighted by atomic mass is 10.2. The van der Waals surface area contributed by atoms with Crippen molar-refractivity contribution in [2.24, 2.45) is 7.05 Å². The average molecular weight is 234 g/mol. The minimum Gasteiger partial charge on any atom is -0.368 e. The smallest absolute Gasteiger partial charge is 0.319 e. The summed E-state index contributed by atoms with van der Waals surface area (Å²) in [5.74, 6) is 0.375. The molecular formula is C9H10N6O2. The number of imidazole rings is 1. The van der Waals surface area contributed by atoms with Gasteiger partial charge in [-0.1, -0.05) is 0 Å². The van der Waals surface area contributed by atoms with Crippen LogP contribution in [0.25, 0.3) is 11.5 Å². The highest BCUT2D eigenvalue weighted by Crippen LogP contribution is 2.28. The lowest BCUT2D eigenvalue weighted by molar-refractivity contribution is -0.385. The second-order valence-electron chi connectivity index (χ2n) is 3.48. The molecule has 0 amide bonds. The van der Waals surface area contributed by atoms with E-state index in [1.54, 1.807) is 17.8 Å². The van der Waals surface area contributed by atoms with Crippen LogP contribution in [0.15, 0.2) is 12.4 Å². The normalized spacial score (nSPS) is 10.5. The Bertz CT molecular complexity index is 591. The lowest BCUT2D eigenvalue weighted by Gasteiger charge is -2.05.